The van der Waals surface area contributed by atoms with E-state index in [2.05, 4.69) is 75.2 Å². The van der Waals surface area contributed by atoms with Crippen LogP contribution in [0.4, 0.5) is 5.00 Å². The summed E-state index contributed by atoms with van der Waals surface area (Å²) < 4.78 is 1.34. The Bertz CT molecular complexity index is 1190. The van der Waals surface area contributed by atoms with Gasteiger partial charge < -0.3 is 0 Å². The van der Waals surface area contributed by atoms with Gasteiger partial charge in [-0.3, -0.25) is 4.99 Å². The van der Waals surface area contributed by atoms with E-state index in [1.54, 1.807) is 0 Å². The molecule has 0 fully saturated rings. The molecule has 0 spiro atoms. The van der Waals surface area contributed by atoms with Crippen LogP contribution in [-0.2, 0) is 6.42 Å². The Morgan fingerprint density at radius 1 is 0.793 bits per heavy atom. The lowest BCUT2D eigenvalue weighted by Crippen LogP contribution is -2.06. The molecule has 0 radical (unpaired) electrons. The zero-order valence-corrected chi connectivity index (χ0v) is 18.3. The molecule has 0 aliphatic carbocycles. The molecule has 2 aliphatic heterocycles. The van der Waals surface area contributed by atoms with Gasteiger partial charge in [-0.1, -0.05) is 64.1 Å². The lowest BCUT2D eigenvalue weighted by atomic mass is 9.95. The summed E-state index contributed by atoms with van der Waals surface area (Å²) >= 11 is 1.83. The van der Waals surface area contributed by atoms with E-state index < -0.39 is 0 Å². The molecule has 0 atom stereocenters. The van der Waals surface area contributed by atoms with E-state index in [1.165, 1.54) is 54.3 Å². The van der Waals surface area contributed by atoms with Gasteiger partial charge >= 0.3 is 0 Å². The normalized spacial score (nSPS) is 15.9. The SMILES string of the molecule is CC(C)C1=NC=C(c2ccc(-c3ccc4c5c(sc4c3)N=C(C(C)C)C5)cc2)C1. The fourth-order valence-corrected chi connectivity index (χ4v) is 5.28. The van der Waals surface area contributed by atoms with Gasteiger partial charge in [-0.2, -0.15) is 0 Å². The van der Waals surface area contributed by atoms with Crippen LogP contribution in [0.25, 0.3) is 26.8 Å². The second-order valence-electron chi connectivity index (χ2n) is 8.71. The summed E-state index contributed by atoms with van der Waals surface area (Å²) in [6, 6.07) is 15.8. The molecule has 0 N–H and O–H groups in total. The third-order valence-corrected chi connectivity index (χ3v) is 7.14. The van der Waals surface area contributed by atoms with Crippen LogP contribution in [0.3, 0.4) is 0 Å². The molecule has 0 saturated carbocycles. The number of fused-ring (bicyclic) bond motifs is 3. The topological polar surface area (TPSA) is 24.7 Å². The number of aliphatic imine (C=N–C) groups is 2. The van der Waals surface area contributed by atoms with E-state index in [4.69, 9.17) is 4.99 Å². The number of allylic oxidation sites excluding steroid dienone is 1. The zero-order chi connectivity index (χ0) is 20.1. The summed E-state index contributed by atoms with van der Waals surface area (Å²) in [4.78, 5) is 9.48. The van der Waals surface area contributed by atoms with E-state index in [1.807, 2.05) is 17.5 Å². The van der Waals surface area contributed by atoms with Crippen LogP contribution < -0.4 is 0 Å². The molecule has 0 unspecified atom stereocenters. The minimum absolute atomic E-state index is 0.517. The van der Waals surface area contributed by atoms with Crippen molar-refractivity contribution >= 4 is 43.4 Å². The molecular formula is C26H26N2S. The van der Waals surface area contributed by atoms with Crippen LogP contribution in [-0.4, -0.2) is 11.4 Å². The first-order valence-corrected chi connectivity index (χ1v) is 11.3. The molecule has 5 rings (SSSR count). The van der Waals surface area contributed by atoms with E-state index in [9.17, 15) is 0 Å². The minimum atomic E-state index is 0.517. The molecule has 3 aromatic rings. The van der Waals surface area contributed by atoms with E-state index >= 15 is 0 Å². The predicted octanol–water partition coefficient (Wildman–Crippen LogP) is 7.69. The molecule has 2 aromatic carbocycles. The second kappa shape index (κ2) is 7.07. The monoisotopic (exact) mass is 398 g/mol. The highest BCUT2D eigenvalue weighted by Crippen LogP contribution is 2.43. The molecule has 3 heterocycles. The number of rotatable bonds is 4. The van der Waals surface area contributed by atoms with Gasteiger partial charge in [-0.15, -0.1) is 11.3 Å². The second-order valence-corrected chi connectivity index (χ2v) is 9.75. The maximum Gasteiger partial charge on any atom is 0.120 e. The Balaban J connectivity index is 1.40. The molecular weight excluding hydrogens is 372 g/mol. The Morgan fingerprint density at radius 3 is 2.17 bits per heavy atom. The summed E-state index contributed by atoms with van der Waals surface area (Å²) in [6.07, 6.45) is 4.02. The molecule has 2 aliphatic rings. The average Bonchev–Trinajstić information content (AvgIpc) is 3.42. The van der Waals surface area contributed by atoms with Gasteiger partial charge in [0, 0.05) is 40.7 Å². The summed E-state index contributed by atoms with van der Waals surface area (Å²) in [7, 11) is 0. The third-order valence-electron chi connectivity index (χ3n) is 6.05. The lowest BCUT2D eigenvalue weighted by molar-refractivity contribution is 0.872. The lowest BCUT2D eigenvalue weighted by Gasteiger charge is -2.08. The number of hydrogen-bond acceptors (Lipinski definition) is 3. The van der Waals surface area contributed by atoms with Crippen molar-refractivity contribution in [3.8, 4) is 11.1 Å². The van der Waals surface area contributed by atoms with Gasteiger partial charge in [0.05, 0.1) is 0 Å². The van der Waals surface area contributed by atoms with Crippen molar-refractivity contribution in [3.63, 3.8) is 0 Å². The van der Waals surface area contributed by atoms with Crippen molar-refractivity contribution in [1.29, 1.82) is 0 Å². The Kier molecular flexibility index (Phi) is 4.51. The standard InChI is InChI=1S/C26H26N2S/c1-15(2)23-11-20(14-27-23)18-7-5-17(6-8-18)19-9-10-21-22-13-24(16(3)4)28-26(22)29-25(21)12-19/h5-10,12,14-16H,11,13H2,1-4H3. The van der Waals surface area contributed by atoms with Crippen molar-refractivity contribution in [3.05, 3.63) is 59.8 Å². The highest BCUT2D eigenvalue weighted by Gasteiger charge is 2.22. The van der Waals surface area contributed by atoms with Gasteiger partial charge in [0.15, 0.2) is 0 Å². The van der Waals surface area contributed by atoms with E-state index in [-0.39, 0.29) is 0 Å². The van der Waals surface area contributed by atoms with Crippen LogP contribution in [0.15, 0.2) is 58.6 Å². The average molecular weight is 399 g/mol. The van der Waals surface area contributed by atoms with Crippen molar-refractivity contribution in [2.24, 2.45) is 21.8 Å². The molecule has 146 valence electrons. The summed E-state index contributed by atoms with van der Waals surface area (Å²) in [5.41, 5.74) is 9.16. The summed E-state index contributed by atoms with van der Waals surface area (Å²) in [5, 5.41) is 2.59. The Morgan fingerprint density at radius 2 is 1.48 bits per heavy atom. The van der Waals surface area contributed by atoms with Gasteiger partial charge in [0.25, 0.3) is 0 Å². The number of benzene rings is 2. The highest BCUT2D eigenvalue weighted by atomic mass is 32.1. The number of nitrogens with zero attached hydrogens (tertiary/aromatic N) is 2. The molecule has 1 aromatic heterocycles. The van der Waals surface area contributed by atoms with Gasteiger partial charge in [-0.25, -0.2) is 4.99 Å². The third kappa shape index (κ3) is 3.28. The summed E-state index contributed by atoms with van der Waals surface area (Å²) in [6.45, 7) is 8.89. The molecule has 0 amide bonds. The zero-order valence-electron chi connectivity index (χ0n) is 17.5. The van der Waals surface area contributed by atoms with Crippen molar-refractivity contribution in [1.82, 2.24) is 0 Å². The van der Waals surface area contributed by atoms with E-state index in [0.29, 0.717) is 11.8 Å². The van der Waals surface area contributed by atoms with Crippen molar-refractivity contribution < 1.29 is 0 Å². The van der Waals surface area contributed by atoms with Crippen LogP contribution in [0, 0.1) is 11.8 Å². The smallest absolute Gasteiger partial charge is 0.120 e. The van der Waals surface area contributed by atoms with Crippen LogP contribution in [0.5, 0.6) is 0 Å². The van der Waals surface area contributed by atoms with Gasteiger partial charge in [-0.05, 0) is 45.6 Å². The first kappa shape index (κ1) is 18.5. The first-order chi connectivity index (χ1) is 14.0. The van der Waals surface area contributed by atoms with Crippen LogP contribution in [0.2, 0.25) is 0 Å². The van der Waals surface area contributed by atoms with Gasteiger partial charge in [0.2, 0.25) is 0 Å². The fourth-order valence-electron chi connectivity index (χ4n) is 4.12. The minimum Gasteiger partial charge on any atom is -0.265 e. The maximum absolute atomic E-state index is 4.88. The molecule has 0 saturated heterocycles. The van der Waals surface area contributed by atoms with Crippen molar-refractivity contribution in [2.45, 2.75) is 40.5 Å². The quantitative estimate of drug-likeness (QED) is 0.430. The summed E-state index contributed by atoms with van der Waals surface area (Å²) in [5.74, 6) is 1.04. The highest BCUT2D eigenvalue weighted by molar-refractivity contribution is 7.23. The number of hydrogen-bond donors (Lipinski definition) is 0. The maximum atomic E-state index is 4.88. The predicted molar refractivity (Wildman–Crippen MR) is 128 cm³/mol. The first-order valence-electron chi connectivity index (χ1n) is 10.5. The van der Waals surface area contributed by atoms with Crippen LogP contribution >= 0.6 is 11.3 Å². The largest absolute Gasteiger partial charge is 0.265 e. The van der Waals surface area contributed by atoms with Crippen LogP contribution in [0.1, 0.15) is 45.2 Å². The number of thiophene rings is 1. The van der Waals surface area contributed by atoms with E-state index in [0.717, 1.165) is 12.8 Å². The van der Waals surface area contributed by atoms with Gasteiger partial charge in [0.1, 0.15) is 5.00 Å². The molecule has 0 bridgehead atoms. The molecule has 3 heteroatoms. The fraction of sp³-hybridized carbons (Fsp3) is 0.308. The Hall–Kier alpha value is -2.52. The molecule has 29 heavy (non-hydrogen) atoms. The Labute approximate surface area is 176 Å². The molecule has 2 nitrogen and oxygen atoms in total. The van der Waals surface area contributed by atoms with Crippen molar-refractivity contribution in [2.75, 3.05) is 0 Å².